The molecule has 0 heterocycles. The van der Waals surface area contributed by atoms with Crippen LogP contribution in [0.5, 0.6) is 0 Å². The second-order valence-electron chi connectivity index (χ2n) is 6.93. The normalized spacial score (nSPS) is 32.5. The summed E-state index contributed by atoms with van der Waals surface area (Å²) in [5.74, 6) is -0.585. The molecule has 23 heavy (non-hydrogen) atoms. The van der Waals surface area contributed by atoms with Crippen LogP contribution in [0.1, 0.15) is 64.7 Å². The van der Waals surface area contributed by atoms with Crippen molar-refractivity contribution in [2.24, 2.45) is 11.8 Å². The topological polar surface area (TPSA) is 35.5 Å². The summed E-state index contributed by atoms with van der Waals surface area (Å²) < 4.78 is 46.9. The summed E-state index contributed by atoms with van der Waals surface area (Å²) in [5.41, 5.74) is 0. The van der Waals surface area contributed by atoms with Gasteiger partial charge in [-0.05, 0) is 50.4 Å². The van der Waals surface area contributed by atoms with Crippen molar-refractivity contribution in [3.63, 3.8) is 0 Å². The molecule has 0 aliphatic heterocycles. The largest absolute Gasteiger partial charge is 0.490 e. The number of halogens is 3. The summed E-state index contributed by atoms with van der Waals surface area (Å²) in [5, 5.41) is 0. The van der Waals surface area contributed by atoms with Gasteiger partial charge in [0.15, 0.2) is 0 Å². The van der Waals surface area contributed by atoms with Gasteiger partial charge in [-0.25, -0.2) is 4.79 Å². The average Bonchev–Trinajstić information content (AvgIpc) is 2.54. The Morgan fingerprint density at radius 2 is 1.43 bits per heavy atom. The van der Waals surface area contributed by atoms with Gasteiger partial charge >= 0.3 is 12.1 Å². The molecule has 0 spiro atoms. The van der Waals surface area contributed by atoms with E-state index < -0.39 is 18.2 Å². The number of hydrogen-bond acceptors (Lipinski definition) is 3. The predicted molar refractivity (Wildman–Crippen MR) is 79.9 cm³/mol. The van der Waals surface area contributed by atoms with E-state index in [0.717, 1.165) is 12.5 Å². The molecule has 0 unspecified atom stereocenters. The minimum atomic E-state index is -4.90. The molecule has 2 fully saturated rings. The second-order valence-corrected chi connectivity index (χ2v) is 6.93. The molecule has 2 aliphatic carbocycles. The van der Waals surface area contributed by atoms with Crippen LogP contribution in [0.25, 0.3) is 0 Å². The lowest BCUT2D eigenvalue weighted by Gasteiger charge is -2.32. The number of esters is 1. The van der Waals surface area contributed by atoms with E-state index in [4.69, 9.17) is 4.74 Å². The van der Waals surface area contributed by atoms with Gasteiger partial charge in [-0.1, -0.05) is 26.2 Å². The van der Waals surface area contributed by atoms with Crippen molar-refractivity contribution >= 4 is 5.97 Å². The first kappa shape index (κ1) is 18.6. The first-order valence-electron chi connectivity index (χ1n) is 8.77. The molecule has 2 aliphatic rings. The van der Waals surface area contributed by atoms with Gasteiger partial charge in [0.25, 0.3) is 0 Å². The third-order valence-electron chi connectivity index (χ3n) is 5.24. The molecule has 0 N–H and O–H groups in total. The van der Waals surface area contributed by atoms with E-state index in [2.05, 4.69) is 11.7 Å². The van der Waals surface area contributed by atoms with Crippen molar-refractivity contribution in [3.05, 3.63) is 0 Å². The third-order valence-corrected chi connectivity index (χ3v) is 5.24. The Morgan fingerprint density at radius 3 is 1.96 bits per heavy atom. The molecule has 2 rings (SSSR count). The summed E-state index contributed by atoms with van der Waals surface area (Å²) in [6.45, 7) is 3.00. The summed E-state index contributed by atoms with van der Waals surface area (Å²) in [6, 6.07) is 0. The highest BCUT2D eigenvalue weighted by molar-refractivity contribution is 5.75. The average molecular weight is 336 g/mol. The maximum absolute atomic E-state index is 12.2. The lowest BCUT2D eigenvalue weighted by molar-refractivity contribution is -0.207. The molecule has 0 aromatic rings. The van der Waals surface area contributed by atoms with Crippen LogP contribution in [0.4, 0.5) is 13.2 Å². The van der Waals surface area contributed by atoms with Crippen molar-refractivity contribution in [1.29, 1.82) is 0 Å². The lowest BCUT2D eigenvalue weighted by atomic mass is 9.81. The van der Waals surface area contributed by atoms with E-state index in [1.54, 1.807) is 0 Å². The van der Waals surface area contributed by atoms with Crippen LogP contribution in [-0.2, 0) is 14.3 Å². The zero-order valence-corrected chi connectivity index (χ0v) is 13.7. The molecule has 0 bridgehead atoms. The van der Waals surface area contributed by atoms with E-state index in [-0.39, 0.29) is 6.10 Å². The smallest absolute Gasteiger partial charge is 0.456 e. The van der Waals surface area contributed by atoms with E-state index in [0.29, 0.717) is 31.6 Å². The maximum atomic E-state index is 12.2. The first-order valence-corrected chi connectivity index (χ1v) is 8.77. The highest BCUT2D eigenvalue weighted by Crippen LogP contribution is 2.32. The van der Waals surface area contributed by atoms with Gasteiger partial charge in [0.1, 0.15) is 6.10 Å². The number of alkyl halides is 3. The molecule has 0 atom stereocenters. The Labute approximate surface area is 135 Å². The minimum Gasteiger partial charge on any atom is -0.456 e. The van der Waals surface area contributed by atoms with Crippen molar-refractivity contribution in [1.82, 2.24) is 0 Å². The number of carbonyl (C=O) groups excluding carboxylic acids is 1. The van der Waals surface area contributed by atoms with Crippen molar-refractivity contribution in [2.45, 2.75) is 83.1 Å². The molecule has 0 amide bonds. The zero-order valence-electron chi connectivity index (χ0n) is 13.7. The SMILES string of the molecule is CCC1CCC(COC2CCC(OC(=O)C(F)(F)F)CC2)CC1. The van der Waals surface area contributed by atoms with Gasteiger partial charge in [0.2, 0.25) is 0 Å². The highest BCUT2D eigenvalue weighted by atomic mass is 19.4. The molecule has 134 valence electrons. The third kappa shape index (κ3) is 5.98. The summed E-state index contributed by atoms with van der Waals surface area (Å²) in [6.07, 6.45) is 3.08. The van der Waals surface area contributed by atoms with Crippen LogP contribution in [0.3, 0.4) is 0 Å². The molecular formula is C17H27F3O3. The molecule has 0 radical (unpaired) electrons. The Bertz CT molecular complexity index is 368. The van der Waals surface area contributed by atoms with Crippen molar-refractivity contribution in [2.75, 3.05) is 6.61 Å². The van der Waals surface area contributed by atoms with Crippen LogP contribution >= 0.6 is 0 Å². The first-order chi connectivity index (χ1) is 10.9. The van der Waals surface area contributed by atoms with Gasteiger partial charge in [-0.15, -0.1) is 0 Å². The Hall–Kier alpha value is -0.780. The summed E-state index contributed by atoms with van der Waals surface area (Å²) in [4.78, 5) is 10.8. The summed E-state index contributed by atoms with van der Waals surface area (Å²) in [7, 11) is 0. The Morgan fingerprint density at radius 1 is 0.913 bits per heavy atom. The van der Waals surface area contributed by atoms with Gasteiger partial charge in [-0.2, -0.15) is 13.2 Å². The Kier molecular flexibility index (Phi) is 6.74. The molecule has 2 saturated carbocycles. The monoisotopic (exact) mass is 336 g/mol. The van der Waals surface area contributed by atoms with Crippen LogP contribution in [-0.4, -0.2) is 31.0 Å². The Balaban J connectivity index is 1.61. The van der Waals surface area contributed by atoms with Gasteiger partial charge in [0.05, 0.1) is 6.10 Å². The van der Waals surface area contributed by atoms with Crippen LogP contribution in [0.15, 0.2) is 0 Å². The van der Waals surface area contributed by atoms with Gasteiger partial charge in [0, 0.05) is 6.61 Å². The fourth-order valence-electron chi connectivity index (χ4n) is 3.61. The quantitative estimate of drug-likeness (QED) is 0.686. The van der Waals surface area contributed by atoms with E-state index >= 15 is 0 Å². The maximum Gasteiger partial charge on any atom is 0.490 e. The van der Waals surface area contributed by atoms with E-state index in [1.165, 1.54) is 32.1 Å². The fourth-order valence-corrected chi connectivity index (χ4v) is 3.61. The van der Waals surface area contributed by atoms with Gasteiger partial charge in [-0.3, -0.25) is 0 Å². The number of hydrogen-bond donors (Lipinski definition) is 0. The highest BCUT2D eigenvalue weighted by Gasteiger charge is 2.42. The number of rotatable bonds is 5. The standard InChI is InChI=1S/C17H27F3O3/c1-2-12-3-5-13(6-4-12)11-22-14-7-9-15(10-8-14)23-16(21)17(18,19)20/h12-15H,2-11H2,1H3. The van der Waals surface area contributed by atoms with E-state index in [9.17, 15) is 18.0 Å². The second kappa shape index (κ2) is 8.36. The minimum absolute atomic E-state index is 0.0970. The van der Waals surface area contributed by atoms with Crippen molar-refractivity contribution in [3.8, 4) is 0 Å². The number of ether oxygens (including phenoxy) is 2. The molecule has 0 aromatic carbocycles. The summed E-state index contributed by atoms with van der Waals surface area (Å²) >= 11 is 0. The predicted octanol–water partition coefficient (Wildman–Crippen LogP) is 4.64. The molecule has 3 nitrogen and oxygen atoms in total. The molecular weight excluding hydrogens is 309 g/mol. The van der Waals surface area contributed by atoms with E-state index in [1.807, 2.05) is 0 Å². The molecule has 0 aromatic heterocycles. The number of carbonyl (C=O) groups is 1. The van der Waals surface area contributed by atoms with Gasteiger partial charge < -0.3 is 9.47 Å². The lowest BCUT2D eigenvalue weighted by Crippen LogP contribution is -2.34. The van der Waals surface area contributed by atoms with Crippen LogP contribution < -0.4 is 0 Å². The molecule has 0 saturated heterocycles. The zero-order chi connectivity index (χ0) is 16.9. The van der Waals surface area contributed by atoms with Crippen LogP contribution in [0.2, 0.25) is 0 Å². The van der Waals surface area contributed by atoms with Crippen LogP contribution in [0, 0.1) is 11.8 Å². The fraction of sp³-hybridized carbons (Fsp3) is 0.941. The molecule has 6 heteroatoms. The van der Waals surface area contributed by atoms with Crippen molar-refractivity contribution < 1.29 is 27.4 Å².